The monoisotopic (exact) mass is 370 g/mol. The van der Waals surface area contributed by atoms with Crippen LogP contribution in [-0.4, -0.2) is 52.6 Å². The average Bonchev–Trinajstić information content (AvgIpc) is 3.18. The highest BCUT2D eigenvalue weighted by molar-refractivity contribution is 5.94. The Morgan fingerprint density at radius 1 is 1.26 bits per heavy atom. The predicted molar refractivity (Wildman–Crippen MR) is 96.1 cm³/mol. The van der Waals surface area contributed by atoms with Gasteiger partial charge in [0.25, 0.3) is 5.91 Å². The summed E-state index contributed by atoms with van der Waals surface area (Å²) in [7, 11) is 1.59. The fraction of sp³-hybridized carbons (Fsp3) is 0.421. The highest BCUT2D eigenvalue weighted by atomic mass is 16.5. The number of likely N-dealkylation sites (tertiary alicyclic amines) is 1. The summed E-state index contributed by atoms with van der Waals surface area (Å²) in [5, 5.41) is 0. The Kier molecular flexibility index (Phi) is 4.35. The summed E-state index contributed by atoms with van der Waals surface area (Å²) in [6.07, 6.45) is 3.99. The smallest absolute Gasteiger partial charge is 0.253 e. The summed E-state index contributed by atoms with van der Waals surface area (Å²) < 4.78 is 13.2. The van der Waals surface area contributed by atoms with Crippen LogP contribution in [0.1, 0.15) is 29.0 Å². The summed E-state index contributed by atoms with van der Waals surface area (Å²) in [6, 6.07) is 7.07. The minimum absolute atomic E-state index is 0.0295. The first kappa shape index (κ1) is 17.5. The van der Waals surface area contributed by atoms with E-state index < -0.39 is 17.6 Å². The Morgan fingerprint density at radius 2 is 1.96 bits per heavy atom. The molecule has 0 unspecified atom stereocenters. The van der Waals surface area contributed by atoms with E-state index in [-0.39, 0.29) is 5.91 Å². The number of nitrogens with two attached hydrogens (primary N) is 1. The number of nitrogens with zero attached hydrogens (tertiary/aromatic N) is 3. The zero-order valence-electron chi connectivity index (χ0n) is 15.1. The largest absolute Gasteiger partial charge is 0.497 e. The number of hydrogen-bond donors (Lipinski definition) is 1. The minimum atomic E-state index is -0.685. The molecule has 1 aromatic heterocycles. The minimum Gasteiger partial charge on any atom is -0.497 e. The number of amides is 2. The van der Waals surface area contributed by atoms with Crippen LogP contribution in [0.15, 0.2) is 36.7 Å². The number of imidazole rings is 1. The molecule has 2 amide bonds. The second-order valence-electron chi connectivity index (χ2n) is 6.93. The average molecular weight is 370 g/mol. The van der Waals surface area contributed by atoms with Crippen LogP contribution in [0.4, 0.5) is 0 Å². The van der Waals surface area contributed by atoms with E-state index in [2.05, 4.69) is 4.98 Å². The summed E-state index contributed by atoms with van der Waals surface area (Å²) in [6.45, 7) is 1.41. The molecule has 0 bridgehead atoms. The third kappa shape index (κ3) is 3.06. The molecule has 142 valence electrons. The van der Waals surface area contributed by atoms with E-state index in [0.29, 0.717) is 43.8 Å². The Hall–Kier alpha value is -2.87. The van der Waals surface area contributed by atoms with Gasteiger partial charge in [0.2, 0.25) is 5.91 Å². The quantitative estimate of drug-likeness (QED) is 0.866. The molecular weight excluding hydrogens is 348 g/mol. The number of ether oxygens (including phenoxy) is 2. The van der Waals surface area contributed by atoms with Crippen molar-refractivity contribution in [3.8, 4) is 5.75 Å². The Labute approximate surface area is 156 Å². The van der Waals surface area contributed by atoms with Crippen LogP contribution >= 0.6 is 0 Å². The second kappa shape index (κ2) is 6.70. The van der Waals surface area contributed by atoms with E-state index in [1.165, 1.54) is 0 Å². The van der Waals surface area contributed by atoms with Gasteiger partial charge in [-0.3, -0.25) is 9.59 Å². The highest BCUT2D eigenvalue weighted by Crippen LogP contribution is 2.40. The summed E-state index contributed by atoms with van der Waals surface area (Å²) in [5.74, 6) is 1.00. The van der Waals surface area contributed by atoms with Crippen molar-refractivity contribution < 1.29 is 19.1 Å². The van der Waals surface area contributed by atoms with Gasteiger partial charge < -0.3 is 24.7 Å². The molecule has 8 heteroatoms. The van der Waals surface area contributed by atoms with Crippen LogP contribution in [0.2, 0.25) is 0 Å². The van der Waals surface area contributed by atoms with Crippen LogP contribution < -0.4 is 10.5 Å². The molecular formula is C19H22N4O4. The van der Waals surface area contributed by atoms with E-state index in [4.69, 9.17) is 15.2 Å². The van der Waals surface area contributed by atoms with Crippen LogP contribution in [0, 0.1) is 0 Å². The molecule has 2 N–H and O–H groups in total. The SMILES string of the molecule is COc1ccc(C(=O)N2CCC3(CC2)O[C@@H](C(N)=O)Cn2ccnc23)cc1. The third-order valence-electron chi connectivity index (χ3n) is 5.37. The molecule has 1 fully saturated rings. The van der Waals surface area contributed by atoms with Gasteiger partial charge in [0.15, 0.2) is 6.10 Å². The number of piperidine rings is 1. The first-order valence-corrected chi connectivity index (χ1v) is 8.94. The molecule has 2 aromatic rings. The van der Waals surface area contributed by atoms with Crippen LogP contribution in [0.3, 0.4) is 0 Å². The van der Waals surface area contributed by atoms with Gasteiger partial charge in [-0.1, -0.05) is 0 Å². The number of rotatable bonds is 3. The molecule has 1 aromatic carbocycles. The van der Waals surface area contributed by atoms with Gasteiger partial charge in [-0.15, -0.1) is 0 Å². The summed E-state index contributed by atoms with van der Waals surface area (Å²) >= 11 is 0. The zero-order chi connectivity index (χ0) is 19.0. The predicted octanol–water partition coefficient (Wildman–Crippen LogP) is 0.907. The number of fused-ring (bicyclic) bond motifs is 2. The van der Waals surface area contributed by atoms with Crippen molar-refractivity contribution in [2.75, 3.05) is 20.2 Å². The lowest BCUT2D eigenvalue weighted by atomic mass is 9.88. The van der Waals surface area contributed by atoms with Gasteiger partial charge in [0, 0.05) is 43.9 Å². The second-order valence-corrected chi connectivity index (χ2v) is 6.93. The molecule has 1 spiro atoms. The van der Waals surface area contributed by atoms with Crippen LogP contribution in [-0.2, 0) is 21.7 Å². The van der Waals surface area contributed by atoms with Crippen molar-refractivity contribution >= 4 is 11.8 Å². The van der Waals surface area contributed by atoms with E-state index in [1.54, 1.807) is 42.5 Å². The molecule has 1 atom stereocenters. The zero-order valence-corrected chi connectivity index (χ0v) is 15.1. The third-order valence-corrected chi connectivity index (χ3v) is 5.37. The summed E-state index contributed by atoms with van der Waals surface area (Å²) in [5.41, 5.74) is 5.42. The van der Waals surface area contributed by atoms with Gasteiger partial charge in [0.05, 0.1) is 13.7 Å². The summed E-state index contributed by atoms with van der Waals surface area (Å²) in [4.78, 5) is 30.7. The lowest BCUT2D eigenvalue weighted by Crippen LogP contribution is -2.54. The van der Waals surface area contributed by atoms with Gasteiger partial charge >= 0.3 is 0 Å². The molecule has 0 saturated carbocycles. The number of carbonyl (C=O) groups is 2. The number of carbonyl (C=O) groups excluding carboxylic acids is 2. The molecule has 2 aliphatic heterocycles. The van der Waals surface area contributed by atoms with Crippen molar-refractivity contribution in [2.24, 2.45) is 5.73 Å². The number of benzene rings is 1. The Balaban J connectivity index is 1.51. The topological polar surface area (TPSA) is 99.7 Å². The molecule has 0 radical (unpaired) electrons. The highest BCUT2D eigenvalue weighted by Gasteiger charge is 2.47. The molecule has 4 rings (SSSR count). The lowest BCUT2D eigenvalue weighted by molar-refractivity contribution is -0.169. The van der Waals surface area contributed by atoms with Crippen molar-refractivity contribution in [2.45, 2.75) is 31.1 Å². The standard InChI is InChI=1S/C19H22N4O4/c1-26-14-4-2-13(3-5-14)17(25)22-9-6-19(7-10-22)18-21-8-11-23(18)12-15(27-19)16(20)24/h2-5,8,11,15H,6-7,9-10,12H2,1H3,(H2,20,24)/t15-/m1/s1. The van der Waals surface area contributed by atoms with Gasteiger partial charge in [-0.25, -0.2) is 4.98 Å². The first-order valence-electron chi connectivity index (χ1n) is 8.94. The number of hydrogen-bond acceptors (Lipinski definition) is 5. The van der Waals surface area contributed by atoms with E-state index in [1.807, 2.05) is 10.8 Å². The van der Waals surface area contributed by atoms with Crippen molar-refractivity contribution in [3.05, 3.63) is 48.0 Å². The van der Waals surface area contributed by atoms with E-state index in [9.17, 15) is 9.59 Å². The van der Waals surface area contributed by atoms with E-state index >= 15 is 0 Å². The fourth-order valence-electron chi connectivity index (χ4n) is 3.87. The lowest BCUT2D eigenvalue weighted by Gasteiger charge is -2.45. The first-order chi connectivity index (χ1) is 13.0. The van der Waals surface area contributed by atoms with E-state index in [0.717, 1.165) is 5.82 Å². The molecule has 0 aliphatic carbocycles. The van der Waals surface area contributed by atoms with Crippen molar-refractivity contribution in [1.82, 2.24) is 14.5 Å². The van der Waals surface area contributed by atoms with Gasteiger partial charge in [-0.05, 0) is 24.3 Å². The maximum absolute atomic E-state index is 12.8. The van der Waals surface area contributed by atoms with Crippen molar-refractivity contribution in [1.29, 1.82) is 0 Å². The van der Waals surface area contributed by atoms with Crippen LogP contribution in [0.25, 0.3) is 0 Å². The number of aromatic nitrogens is 2. The maximum atomic E-state index is 12.8. The Bertz CT molecular complexity index is 853. The molecule has 27 heavy (non-hydrogen) atoms. The van der Waals surface area contributed by atoms with Crippen molar-refractivity contribution in [3.63, 3.8) is 0 Å². The normalized spacial score (nSPS) is 20.9. The molecule has 8 nitrogen and oxygen atoms in total. The molecule has 1 saturated heterocycles. The maximum Gasteiger partial charge on any atom is 0.253 e. The van der Waals surface area contributed by atoms with Crippen LogP contribution in [0.5, 0.6) is 5.75 Å². The van der Waals surface area contributed by atoms with Gasteiger partial charge in [-0.2, -0.15) is 0 Å². The number of methoxy groups -OCH3 is 1. The molecule has 2 aliphatic rings. The molecule has 3 heterocycles. The number of primary amides is 1. The van der Waals surface area contributed by atoms with Gasteiger partial charge in [0.1, 0.15) is 17.2 Å². The fourth-order valence-corrected chi connectivity index (χ4v) is 3.87. The Morgan fingerprint density at radius 3 is 2.59 bits per heavy atom.